The maximum absolute atomic E-state index is 12.0. The molecule has 1 aromatic carbocycles. The molecular formula is C16H24BClN6O3. The second-order valence-corrected chi connectivity index (χ2v) is 6.72. The number of aryl methyl sites for hydroxylation is 1. The number of rotatable bonds is 11. The molecule has 146 valence electrons. The highest BCUT2D eigenvalue weighted by Crippen LogP contribution is 2.15. The molecule has 1 heterocycles. The van der Waals surface area contributed by atoms with Gasteiger partial charge in [-0.2, -0.15) is 0 Å². The number of tetrazole rings is 1. The number of halogens is 1. The van der Waals surface area contributed by atoms with Crippen molar-refractivity contribution in [3.63, 3.8) is 0 Å². The van der Waals surface area contributed by atoms with E-state index in [1.165, 1.54) is 4.68 Å². The van der Waals surface area contributed by atoms with E-state index in [0.717, 1.165) is 12.0 Å². The predicted molar refractivity (Wildman–Crippen MR) is 102 cm³/mol. The van der Waals surface area contributed by atoms with Gasteiger partial charge in [0, 0.05) is 18.0 Å². The van der Waals surface area contributed by atoms with Gasteiger partial charge >= 0.3 is 7.12 Å². The minimum absolute atomic E-state index is 0.114. The van der Waals surface area contributed by atoms with Gasteiger partial charge in [0.1, 0.15) is 0 Å². The Morgan fingerprint density at radius 1 is 1.30 bits per heavy atom. The van der Waals surface area contributed by atoms with Gasteiger partial charge in [0.05, 0.1) is 12.6 Å². The van der Waals surface area contributed by atoms with Crippen LogP contribution in [0.4, 0.5) is 0 Å². The molecule has 11 heteroatoms. The molecule has 27 heavy (non-hydrogen) atoms. The number of nitrogens with one attached hydrogen (secondary N) is 1. The molecule has 0 aliphatic heterocycles. The Bertz CT molecular complexity index is 712. The third-order valence-corrected chi connectivity index (χ3v) is 4.32. The van der Waals surface area contributed by atoms with Crippen molar-refractivity contribution in [2.24, 2.45) is 5.73 Å². The third-order valence-electron chi connectivity index (χ3n) is 4.07. The van der Waals surface area contributed by atoms with Crippen LogP contribution in [0.15, 0.2) is 24.3 Å². The summed E-state index contributed by atoms with van der Waals surface area (Å²) in [6, 6.07) is 6.90. The van der Waals surface area contributed by atoms with Crippen LogP contribution in [0.25, 0.3) is 0 Å². The Morgan fingerprint density at radius 3 is 2.74 bits per heavy atom. The van der Waals surface area contributed by atoms with Gasteiger partial charge in [-0.05, 0) is 40.9 Å². The number of nitrogens with zero attached hydrogens (tertiary/aromatic N) is 4. The number of hydrogen-bond donors (Lipinski definition) is 4. The van der Waals surface area contributed by atoms with Crippen molar-refractivity contribution in [3.05, 3.63) is 40.7 Å². The molecule has 0 aliphatic rings. The van der Waals surface area contributed by atoms with E-state index in [1.807, 2.05) is 12.1 Å². The van der Waals surface area contributed by atoms with E-state index in [-0.39, 0.29) is 18.4 Å². The molecule has 0 aliphatic carbocycles. The summed E-state index contributed by atoms with van der Waals surface area (Å²) >= 11 is 5.83. The Labute approximate surface area is 163 Å². The molecule has 1 aromatic heterocycles. The van der Waals surface area contributed by atoms with E-state index < -0.39 is 7.12 Å². The maximum Gasteiger partial charge on any atom is 0.451 e. The lowest BCUT2D eigenvalue weighted by molar-refractivity contribution is -0.121. The van der Waals surface area contributed by atoms with E-state index in [9.17, 15) is 4.79 Å². The number of aromatic nitrogens is 4. The van der Waals surface area contributed by atoms with Crippen LogP contribution < -0.4 is 11.1 Å². The zero-order chi connectivity index (χ0) is 19.6. The van der Waals surface area contributed by atoms with Gasteiger partial charge in [-0.15, -0.1) is 5.10 Å². The molecule has 2 aromatic rings. The number of benzene rings is 1. The Hall–Kier alpha value is -2.01. The van der Waals surface area contributed by atoms with Crippen LogP contribution in [0.2, 0.25) is 11.3 Å². The van der Waals surface area contributed by atoms with Crippen LogP contribution in [0.1, 0.15) is 43.1 Å². The smallest absolute Gasteiger partial charge is 0.427 e. The topological polar surface area (TPSA) is 139 Å². The fourth-order valence-corrected chi connectivity index (χ4v) is 2.68. The lowest BCUT2D eigenvalue weighted by Crippen LogP contribution is -2.25. The fraction of sp³-hybridized carbons (Fsp3) is 0.500. The largest absolute Gasteiger partial charge is 0.451 e. The quantitative estimate of drug-likeness (QED) is 0.324. The number of carbonyl (C=O) groups excluding carboxylic acids is 1. The van der Waals surface area contributed by atoms with Gasteiger partial charge in [0.15, 0.2) is 5.82 Å². The van der Waals surface area contributed by atoms with Gasteiger partial charge in [-0.3, -0.25) is 4.79 Å². The van der Waals surface area contributed by atoms with Gasteiger partial charge in [-0.25, -0.2) is 4.68 Å². The zero-order valence-electron chi connectivity index (χ0n) is 15.0. The van der Waals surface area contributed by atoms with Crippen molar-refractivity contribution >= 4 is 24.6 Å². The van der Waals surface area contributed by atoms with Crippen LogP contribution in [-0.2, 0) is 17.9 Å². The first-order chi connectivity index (χ1) is 13.0. The fourth-order valence-electron chi connectivity index (χ4n) is 2.56. The maximum atomic E-state index is 12.0. The van der Waals surface area contributed by atoms with Crippen LogP contribution in [-0.4, -0.2) is 43.3 Å². The number of nitrogens with two attached hydrogens (primary N) is 1. The minimum atomic E-state index is -1.29. The van der Waals surface area contributed by atoms with Crippen molar-refractivity contribution < 1.29 is 14.8 Å². The molecule has 0 saturated heterocycles. The summed E-state index contributed by atoms with van der Waals surface area (Å²) in [5, 5.41) is 32.6. The highest BCUT2D eigenvalue weighted by molar-refractivity contribution is 6.40. The molecule has 0 saturated carbocycles. The number of unbranched alkanes of at least 4 members (excludes halogenated alkanes) is 1. The van der Waals surface area contributed by atoms with E-state index >= 15 is 0 Å². The molecule has 2 rings (SSSR count). The van der Waals surface area contributed by atoms with Crippen molar-refractivity contribution in [1.82, 2.24) is 25.5 Å². The van der Waals surface area contributed by atoms with Gasteiger partial charge in [0.25, 0.3) is 0 Å². The van der Waals surface area contributed by atoms with Gasteiger partial charge in [0.2, 0.25) is 5.91 Å². The monoisotopic (exact) mass is 394 g/mol. The molecule has 0 bridgehead atoms. The standard InChI is InChI=1S/C16H24BClN6O3/c18-13-6-4-12(5-7-13)11-20-15(25)8-10-24-16(21-22-23-24)14(19)3-1-2-9-17(26)27/h4-7,14,26-27H,1-3,8-11,19H2,(H,20,25). The highest BCUT2D eigenvalue weighted by Gasteiger charge is 2.16. The second-order valence-electron chi connectivity index (χ2n) is 6.28. The van der Waals surface area contributed by atoms with E-state index in [2.05, 4.69) is 20.8 Å². The predicted octanol–water partition coefficient (Wildman–Crippen LogP) is 0.676. The summed E-state index contributed by atoms with van der Waals surface area (Å²) in [6.07, 6.45) is 2.55. The minimum Gasteiger partial charge on any atom is -0.427 e. The third kappa shape index (κ3) is 7.63. The molecule has 1 amide bonds. The molecule has 1 unspecified atom stereocenters. The summed E-state index contributed by atoms with van der Waals surface area (Å²) in [5.41, 5.74) is 7.07. The lowest BCUT2D eigenvalue weighted by Gasteiger charge is -2.11. The highest BCUT2D eigenvalue weighted by atomic mass is 35.5. The molecule has 9 nitrogen and oxygen atoms in total. The van der Waals surface area contributed by atoms with Gasteiger partial charge in [-0.1, -0.05) is 36.6 Å². The average molecular weight is 395 g/mol. The number of amides is 1. The van der Waals surface area contributed by atoms with Crippen LogP contribution in [0.3, 0.4) is 0 Å². The summed E-state index contributed by atoms with van der Waals surface area (Å²) in [6.45, 7) is 0.756. The van der Waals surface area contributed by atoms with Crippen molar-refractivity contribution in [2.75, 3.05) is 0 Å². The number of hydrogen-bond acceptors (Lipinski definition) is 7. The summed E-state index contributed by atoms with van der Waals surface area (Å²) in [7, 11) is -1.29. The Kier molecular flexibility index (Phi) is 8.66. The SMILES string of the molecule is NC(CCCCB(O)O)c1nnnn1CCC(=O)NCc1ccc(Cl)cc1. The van der Waals surface area contributed by atoms with E-state index in [0.29, 0.717) is 43.1 Å². The second kappa shape index (κ2) is 11.0. The first kappa shape index (κ1) is 21.3. The lowest BCUT2D eigenvalue weighted by atomic mass is 9.83. The first-order valence-electron chi connectivity index (χ1n) is 8.84. The van der Waals surface area contributed by atoms with E-state index in [4.69, 9.17) is 27.4 Å². The van der Waals surface area contributed by atoms with Crippen LogP contribution in [0, 0.1) is 0 Å². The molecule has 5 N–H and O–H groups in total. The zero-order valence-corrected chi connectivity index (χ0v) is 15.7. The van der Waals surface area contributed by atoms with Gasteiger partial charge < -0.3 is 21.1 Å². The van der Waals surface area contributed by atoms with Crippen LogP contribution >= 0.6 is 11.6 Å². The summed E-state index contributed by atoms with van der Waals surface area (Å²) in [5.74, 6) is 0.405. The molecular weight excluding hydrogens is 370 g/mol. The first-order valence-corrected chi connectivity index (χ1v) is 9.22. The Balaban J connectivity index is 1.74. The summed E-state index contributed by atoms with van der Waals surface area (Å²) in [4.78, 5) is 12.0. The van der Waals surface area contributed by atoms with Crippen LogP contribution in [0.5, 0.6) is 0 Å². The molecule has 0 radical (unpaired) electrons. The molecule has 0 fully saturated rings. The van der Waals surface area contributed by atoms with E-state index in [1.54, 1.807) is 12.1 Å². The summed E-state index contributed by atoms with van der Waals surface area (Å²) < 4.78 is 1.54. The normalized spacial score (nSPS) is 12.0. The average Bonchev–Trinajstić information content (AvgIpc) is 3.11. The van der Waals surface area contributed by atoms with Crippen molar-refractivity contribution in [1.29, 1.82) is 0 Å². The molecule has 0 spiro atoms. The molecule has 1 atom stereocenters. The van der Waals surface area contributed by atoms with Crippen molar-refractivity contribution in [3.8, 4) is 0 Å². The Morgan fingerprint density at radius 2 is 2.04 bits per heavy atom. The van der Waals surface area contributed by atoms with Crippen molar-refractivity contribution in [2.45, 2.75) is 51.1 Å². The number of carbonyl (C=O) groups is 1.